The van der Waals surface area contributed by atoms with Gasteiger partial charge in [-0.3, -0.25) is 0 Å². The van der Waals surface area contributed by atoms with Gasteiger partial charge in [0.25, 0.3) is 0 Å². The molecule has 0 aromatic heterocycles. The number of unbranched alkanes of at least 4 members (excludes halogenated alkanes) is 1. The summed E-state index contributed by atoms with van der Waals surface area (Å²) in [6.45, 7) is 7.03. The zero-order valence-electron chi connectivity index (χ0n) is 11.6. The van der Waals surface area contributed by atoms with E-state index in [-0.39, 0.29) is 6.03 Å². The summed E-state index contributed by atoms with van der Waals surface area (Å²) in [6, 6.07) is 7.94. The van der Waals surface area contributed by atoms with E-state index in [0.717, 1.165) is 12.1 Å². The van der Waals surface area contributed by atoms with Crippen molar-refractivity contribution in [2.24, 2.45) is 5.92 Å². The van der Waals surface area contributed by atoms with Crippen LogP contribution in [-0.4, -0.2) is 12.6 Å². The smallest absolute Gasteiger partial charge is 0.319 e. The number of carbonyl (C=O) groups is 1. The van der Waals surface area contributed by atoms with Crippen molar-refractivity contribution >= 4 is 11.7 Å². The average molecular weight is 248 g/mol. The van der Waals surface area contributed by atoms with Crippen LogP contribution < -0.4 is 10.6 Å². The highest BCUT2D eigenvalue weighted by molar-refractivity contribution is 5.89. The number of aryl methyl sites for hydroxylation is 1. The zero-order chi connectivity index (χ0) is 13.4. The molecule has 0 fully saturated rings. The molecule has 2 amide bonds. The lowest BCUT2D eigenvalue weighted by Gasteiger charge is -2.09. The average Bonchev–Trinajstić information content (AvgIpc) is 2.35. The van der Waals surface area contributed by atoms with Crippen LogP contribution in [0.25, 0.3) is 0 Å². The van der Waals surface area contributed by atoms with E-state index >= 15 is 0 Å². The Bertz CT molecular complexity index is 357. The van der Waals surface area contributed by atoms with E-state index in [2.05, 4.69) is 43.5 Å². The lowest BCUT2D eigenvalue weighted by atomic mass is 10.1. The number of hydrogen-bond donors (Lipinski definition) is 2. The van der Waals surface area contributed by atoms with Crippen LogP contribution in [0.15, 0.2) is 24.3 Å². The van der Waals surface area contributed by atoms with Crippen LogP contribution in [0.3, 0.4) is 0 Å². The summed E-state index contributed by atoms with van der Waals surface area (Å²) < 4.78 is 0. The van der Waals surface area contributed by atoms with Gasteiger partial charge in [0.1, 0.15) is 0 Å². The van der Waals surface area contributed by atoms with Crippen LogP contribution in [0.4, 0.5) is 10.5 Å². The maximum Gasteiger partial charge on any atom is 0.319 e. The van der Waals surface area contributed by atoms with Crippen LogP contribution in [0.1, 0.15) is 39.2 Å². The lowest BCUT2D eigenvalue weighted by Crippen LogP contribution is -2.31. The van der Waals surface area contributed by atoms with Crippen molar-refractivity contribution in [1.29, 1.82) is 0 Å². The fourth-order valence-electron chi connectivity index (χ4n) is 1.61. The van der Waals surface area contributed by atoms with Gasteiger partial charge in [-0.2, -0.15) is 0 Å². The Balaban J connectivity index is 2.40. The second-order valence-electron chi connectivity index (χ2n) is 5.03. The minimum absolute atomic E-state index is 0.134. The van der Waals surface area contributed by atoms with E-state index in [1.807, 2.05) is 12.1 Å². The first-order valence-corrected chi connectivity index (χ1v) is 6.75. The van der Waals surface area contributed by atoms with Gasteiger partial charge < -0.3 is 10.6 Å². The second kappa shape index (κ2) is 7.75. The van der Waals surface area contributed by atoms with Gasteiger partial charge in [0.2, 0.25) is 0 Å². The summed E-state index contributed by atoms with van der Waals surface area (Å²) in [5, 5.41) is 5.66. The summed E-state index contributed by atoms with van der Waals surface area (Å²) in [6.07, 6.45) is 3.52. The Labute approximate surface area is 110 Å². The van der Waals surface area contributed by atoms with E-state index in [4.69, 9.17) is 0 Å². The molecule has 18 heavy (non-hydrogen) atoms. The third-order valence-electron chi connectivity index (χ3n) is 2.70. The van der Waals surface area contributed by atoms with Gasteiger partial charge in [-0.05, 0) is 36.5 Å². The van der Waals surface area contributed by atoms with Gasteiger partial charge in [-0.15, -0.1) is 0 Å². The SMILES string of the molecule is CCCCc1ccc(NC(=O)NCC(C)C)cc1. The third-order valence-corrected chi connectivity index (χ3v) is 2.70. The molecule has 0 saturated carbocycles. The highest BCUT2D eigenvalue weighted by Gasteiger charge is 2.02. The summed E-state index contributed by atoms with van der Waals surface area (Å²) in [7, 11) is 0. The quantitative estimate of drug-likeness (QED) is 0.789. The summed E-state index contributed by atoms with van der Waals surface area (Å²) in [5.74, 6) is 0.465. The third kappa shape index (κ3) is 5.71. The van der Waals surface area contributed by atoms with Crippen molar-refractivity contribution in [3.8, 4) is 0 Å². The van der Waals surface area contributed by atoms with Crippen molar-refractivity contribution in [1.82, 2.24) is 5.32 Å². The molecule has 0 aliphatic carbocycles. The number of rotatable bonds is 6. The molecule has 3 heteroatoms. The Hall–Kier alpha value is -1.51. The summed E-state index contributed by atoms with van der Waals surface area (Å²) >= 11 is 0. The minimum atomic E-state index is -0.134. The van der Waals surface area contributed by atoms with Crippen molar-refractivity contribution in [2.75, 3.05) is 11.9 Å². The number of carbonyl (C=O) groups excluding carboxylic acids is 1. The maximum atomic E-state index is 11.6. The van der Waals surface area contributed by atoms with E-state index in [1.165, 1.54) is 18.4 Å². The molecule has 0 radical (unpaired) electrons. The molecule has 0 heterocycles. The topological polar surface area (TPSA) is 41.1 Å². The van der Waals surface area contributed by atoms with Crippen LogP contribution >= 0.6 is 0 Å². The van der Waals surface area contributed by atoms with Crippen molar-refractivity contribution in [3.05, 3.63) is 29.8 Å². The number of nitrogens with one attached hydrogen (secondary N) is 2. The van der Waals surface area contributed by atoms with Crippen LogP contribution in [-0.2, 0) is 6.42 Å². The van der Waals surface area contributed by atoms with Gasteiger partial charge in [0, 0.05) is 12.2 Å². The van der Waals surface area contributed by atoms with E-state index in [1.54, 1.807) is 0 Å². The van der Waals surface area contributed by atoms with E-state index < -0.39 is 0 Å². The largest absolute Gasteiger partial charge is 0.338 e. The fourth-order valence-corrected chi connectivity index (χ4v) is 1.61. The maximum absolute atomic E-state index is 11.6. The lowest BCUT2D eigenvalue weighted by molar-refractivity contribution is 0.251. The first kappa shape index (κ1) is 14.6. The monoisotopic (exact) mass is 248 g/mol. The number of hydrogen-bond acceptors (Lipinski definition) is 1. The highest BCUT2D eigenvalue weighted by Crippen LogP contribution is 2.11. The van der Waals surface area contributed by atoms with Crippen LogP contribution in [0.5, 0.6) is 0 Å². The van der Waals surface area contributed by atoms with Gasteiger partial charge in [0.15, 0.2) is 0 Å². The first-order chi connectivity index (χ1) is 8.61. The van der Waals surface area contributed by atoms with E-state index in [0.29, 0.717) is 12.5 Å². The Morgan fingerprint density at radius 2 is 1.89 bits per heavy atom. The second-order valence-corrected chi connectivity index (χ2v) is 5.03. The van der Waals surface area contributed by atoms with Gasteiger partial charge >= 0.3 is 6.03 Å². The predicted octanol–water partition coefficient (Wildman–Crippen LogP) is 3.81. The predicted molar refractivity (Wildman–Crippen MR) is 76.9 cm³/mol. The molecular weight excluding hydrogens is 224 g/mol. The molecule has 1 aromatic carbocycles. The van der Waals surface area contributed by atoms with Crippen molar-refractivity contribution < 1.29 is 4.79 Å². The molecule has 0 aliphatic heterocycles. The number of amides is 2. The number of benzene rings is 1. The van der Waals surface area contributed by atoms with Gasteiger partial charge in [-0.1, -0.05) is 39.3 Å². The number of urea groups is 1. The van der Waals surface area contributed by atoms with Crippen LogP contribution in [0, 0.1) is 5.92 Å². The molecule has 0 unspecified atom stereocenters. The van der Waals surface area contributed by atoms with Crippen LogP contribution in [0.2, 0.25) is 0 Å². The first-order valence-electron chi connectivity index (χ1n) is 6.75. The minimum Gasteiger partial charge on any atom is -0.338 e. The molecule has 1 aromatic rings. The summed E-state index contributed by atoms with van der Waals surface area (Å²) in [5.41, 5.74) is 2.17. The molecule has 0 atom stereocenters. The van der Waals surface area contributed by atoms with Crippen molar-refractivity contribution in [3.63, 3.8) is 0 Å². The zero-order valence-corrected chi connectivity index (χ0v) is 11.6. The molecule has 0 saturated heterocycles. The van der Waals surface area contributed by atoms with E-state index in [9.17, 15) is 4.79 Å². The molecule has 0 aliphatic rings. The molecule has 2 N–H and O–H groups in total. The number of anilines is 1. The van der Waals surface area contributed by atoms with Gasteiger partial charge in [0.05, 0.1) is 0 Å². The molecular formula is C15H24N2O. The van der Waals surface area contributed by atoms with Gasteiger partial charge in [-0.25, -0.2) is 4.79 Å². The Kier molecular flexibility index (Phi) is 6.26. The Morgan fingerprint density at radius 1 is 1.22 bits per heavy atom. The normalized spacial score (nSPS) is 10.4. The highest BCUT2D eigenvalue weighted by atomic mass is 16.2. The standard InChI is InChI=1S/C15H24N2O/c1-4-5-6-13-7-9-14(10-8-13)17-15(18)16-11-12(2)3/h7-10,12H,4-6,11H2,1-3H3,(H2,16,17,18). The molecule has 1 rings (SSSR count). The summed E-state index contributed by atoms with van der Waals surface area (Å²) in [4.78, 5) is 11.6. The molecule has 3 nitrogen and oxygen atoms in total. The molecule has 0 spiro atoms. The van der Waals surface area contributed by atoms with Crippen molar-refractivity contribution in [2.45, 2.75) is 40.0 Å². The molecule has 0 bridgehead atoms. The fraction of sp³-hybridized carbons (Fsp3) is 0.533. The molecule has 100 valence electrons. The Morgan fingerprint density at radius 3 is 2.44 bits per heavy atom.